The van der Waals surface area contributed by atoms with E-state index < -0.39 is 10.0 Å². The molecule has 0 aliphatic rings. The number of aromatic nitrogens is 1. The smallest absolute Gasteiger partial charge is 0.254 e. The molecule has 1 heterocycles. The third-order valence-electron chi connectivity index (χ3n) is 2.85. The third-order valence-corrected chi connectivity index (χ3v) is 6.50. The highest BCUT2D eigenvalue weighted by Gasteiger charge is 2.28. The molecule has 0 aliphatic carbocycles. The van der Waals surface area contributed by atoms with E-state index in [1.807, 2.05) is 13.8 Å². The van der Waals surface area contributed by atoms with Gasteiger partial charge in [-0.25, -0.2) is 13.4 Å². The minimum atomic E-state index is -3.74. The fourth-order valence-electron chi connectivity index (χ4n) is 1.68. The standard InChI is InChI=1S/C11H18ClN3O3S2/c1-5-15(6-2)9(16)7-14(4)20(17,18)10-8(3)13-11(12)19-10/h5-7H2,1-4H3. The molecule has 6 nitrogen and oxygen atoms in total. The van der Waals surface area contributed by atoms with Gasteiger partial charge in [0.1, 0.15) is 0 Å². The second kappa shape index (κ2) is 6.84. The first-order valence-electron chi connectivity index (χ1n) is 6.11. The molecule has 20 heavy (non-hydrogen) atoms. The summed E-state index contributed by atoms with van der Waals surface area (Å²) in [5.41, 5.74) is 0.349. The second-order valence-electron chi connectivity index (χ2n) is 4.17. The van der Waals surface area contributed by atoms with Crippen LogP contribution < -0.4 is 0 Å². The Kier molecular flexibility index (Phi) is 5.93. The summed E-state index contributed by atoms with van der Waals surface area (Å²) in [5, 5.41) is 0. The lowest BCUT2D eigenvalue weighted by Crippen LogP contribution is -2.40. The van der Waals surface area contributed by atoms with Crippen LogP contribution in [0, 0.1) is 6.92 Å². The lowest BCUT2D eigenvalue weighted by Gasteiger charge is -2.22. The average molecular weight is 340 g/mol. The topological polar surface area (TPSA) is 70.6 Å². The molecule has 114 valence electrons. The fourth-order valence-corrected chi connectivity index (χ4v) is 4.73. The molecule has 0 bridgehead atoms. The molecular weight excluding hydrogens is 322 g/mol. The van der Waals surface area contributed by atoms with E-state index >= 15 is 0 Å². The van der Waals surface area contributed by atoms with E-state index in [-0.39, 0.29) is 21.1 Å². The lowest BCUT2D eigenvalue weighted by molar-refractivity contribution is -0.130. The number of hydrogen-bond donors (Lipinski definition) is 0. The van der Waals surface area contributed by atoms with Crippen LogP contribution in [0.3, 0.4) is 0 Å². The van der Waals surface area contributed by atoms with Crippen molar-refractivity contribution >= 4 is 38.9 Å². The third kappa shape index (κ3) is 3.69. The van der Waals surface area contributed by atoms with Crippen molar-refractivity contribution in [2.45, 2.75) is 25.0 Å². The highest BCUT2D eigenvalue weighted by Crippen LogP contribution is 2.28. The van der Waals surface area contributed by atoms with Crippen LogP contribution in [-0.2, 0) is 14.8 Å². The van der Waals surface area contributed by atoms with E-state index in [1.54, 1.807) is 11.8 Å². The molecule has 0 N–H and O–H groups in total. The van der Waals surface area contributed by atoms with Crippen LogP contribution in [0.5, 0.6) is 0 Å². The zero-order valence-electron chi connectivity index (χ0n) is 11.9. The Balaban J connectivity index is 2.94. The number of rotatable bonds is 6. The molecule has 0 unspecified atom stereocenters. The zero-order valence-corrected chi connectivity index (χ0v) is 14.3. The molecule has 0 fully saturated rings. The minimum Gasteiger partial charge on any atom is -0.342 e. The van der Waals surface area contributed by atoms with Crippen molar-refractivity contribution in [2.24, 2.45) is 0 Å². The number of thiazole rings is 1. The molecule has 0 atom stereocenters. The Morgan fingerprint density at radius 3 is 2.30 bits per heavy atom. The van der Waals surface area contributed by atoms with E-state index in [2.05, 4.69) is 4.98 Å². The summed E-state index contributed by atoms with van der Waals surface area (Å²) < 4.78 is 26.0. The first-order chi connectivity index (χ1) is 9.23. The fraction of sp³-hybridized carbons (Fsp3) is 0.636. The summed E-state index contributed by atoms with van der Waals surface area (Å²) in [5.74, 6) is -0.227. The average Bonchev–Trinajstić information content (AvgIpc) is 2.70. The summed E-state index contributed by atoms with van der Waals surface area (Å²) in [4.78, 5) is 17.4. The molecule has 0 saturated heterocycles. The van der Waals surface area contributed by atoms with Gasteiger partial charge >= 0.3 is 0 Å². The highest BCUT2D eigenvalue weighted by molar-refractivity contribution is 7.91. The van der Waals surface area contributed by atoms with Gasteiger partial charge in [0.2, 0.25) is 5.91 Å². The van der Waals surface area contributed by atoms with Crippen LogP contribution >= 0.6 is 22.9 Å². The number of nitrogens with zero attached hydrogens (tertiary/aromatic N) is 3. The van der Waals surface area contributed by atoms with Crippen molar-refractivity contribution in [1.82, 2.24) is 14.2 Å². The van der Waals surface area contributed by atoms with Gasteiger partial charge in [0.25, 0.3) is 10.0 Å². The molecule has 1 rings (SSSR count). The Labute approximate surface area is 128 Å². The van der Waals surface area contributed by atoms with Crippen molar-refractivity contribution in [2.75, 3.05) is 26.7 Å². The summed E-state index contributed by atoms with van der Waals surface area (Å²) in [7, 11) is -2.36. The number of carbonyl (C=O) groups is 1. The SMILES string of the molecule is CCN(CC)C(=O)CN(C)S(=O)(=O)c1sc(Cl)nc1C. The molecule has 1 aromatic heterocycles. The lowest BCUT2D eigenvalue weighted by atomic mass is 10.4. The predicted molar refractivity (Wildman–Crippen MR) is 79.6 cm³/mol. The maximum absolute atomic E-state index is 12.4. The first kappa shape index (κ1) is 17.4. The van der Waals surface area contributed by atoms with Crippen LogP contribution in [0.25, 0.3) is 0 Å². The molecule has 0 radical (unpaired) electrons. The number of hydrogen-bond acceptors (Lipinski definition) is 5. The Bertz CT molecular complexity index is 582. The number of halogens is 1. The van der Waals surface area contributed by atoms with Crippen molar-refractivity contribution < 1.29 is 13.2 Å². The van der Waals surface area contributed by atoms with Crippen molar-refractivity contribution in [3.63, 3.8) is 0 Å². The van der Waals surface area contributed by atoms with E-state index in [0.29, 0.717) is 18.8 Å². The number of likely N-dealkylation sites (N-methyl/N-ethyl adjacent to an activating group) is 2. The summed E-state index contributed by atoms with van der Waals surface area (Å²) >= 11 is 6.62. The maximum atomic E-state index is 12.4. The summed E-state index contributed by atoms with van der Waals surface area (Å²) in [6.45, 7) is 6.18. The van der Waals surface area contributed by atoms with Gasteiger partial charge in [-0.1, -0.05) is 22.9 Å². The predicted octanol–water partition coefficient (Wildman–Crippen LogP) is 1.59. The van der Waals surface area contributed by atoms with Crippen molar-refractivity contribution in [3.05, 3.63) is 10.2 Å². The Morgan fingerprint density at radius 1 is 1.35 bits per heavy atom. The Morgan fingerprint density at radius 2 is 1.90 bits per heavy atom. The van der Waals surface area contributed by atoms with Crippen LogP contribution in [0.1, 0.15) is 19.5 Å². The van der Waals surface area contributed by atoms with Crippen LogP contribution in [0.15, 0.2) is 4.21 Å². The van der Waals surface area contributed by atoms with Gasteiger partial charge in [-0.15, -0.1) is 0 Å². The first-order valence-corrected chi connectivity index (χ1v) is 8.74. The second-order valence-corrected chi connectivity index (χ2v) is 7.99. The van der Waals surface area contributed by atoms with Crippen LogP contribution in [0.2, 0.25) is 4.47 Å². The van der Waals surface area contributed by atoms with E-state index in [4.69, 9.17) is 11.6 Å². The van der Waals surface area contributed by atoms with Gasteiger partial charge in [-0.3, -0.25) is 4.79 Å². The summed E-state index contributed by atoms with van der Waals surface area (Å²) in [6.07, 6.45) is 0. The highest BCUT2D eigenvalue weighted by atomic mass is 35.5. The van der Waals surface area contributed by atoms with E-state index in [0.717, 1.165) is 15.6 Å². The van der Waals surface area contributed by atoms with E-state index in [9.17, 15) is 13.2 Å². The van der Waals surface area contributed by atoms with Crippen LogP contribution in [0.4, 0.5) is 0 Å². The molecule has 1 amide bonds. The largest absolute Gasteiger partial charge is 0.342 e. The van der Waals surface area contributed by atoms with Gasteiger partial charge in [0, 0.05) is 20.1 Å². The molecule has 1 aromatic rings. The van der Waals surface area contributed by atoms with Gasteiger partial charge < -0.3 is 4.90 Å². The number of aryl methyl sites for hydroxylation is 1. The maximum Gasteiger partial charge on any atom is 0.254 e. The number of sulfonamides is 1. The quantitative estimate of drug-likeness (QED) is 0.789. The summed E-state index contributed by atoms with van der Waals surface area (Å²) in [6, 6.07) is 0. The van der Waals surface area contributed by atoms with Gasteiger partial charge in [-0.05, 0) is 20.8 Å². The van der Waals surface area contributed by atoms with Gasteiger partial charge in [0.15, 0.2) is 8.68 Å². The van der Waals surface area contributed by atoms with Gasteiger partial charge in [0.05, 0.1) is 12.2 Å². The monoisotopic (exact) mass is 339 g/mol. The number of carbonyl (C=O) groups excluding carboxylic acids is 1. The van der Waals surface area contributed by atoms with Crippen molar-refractivity contribution in [3.8, 4) is 0 Å². The number of amides is 1. The zero-order chi connectivity index (χ0) is 15.5. The molecular formula is C11H18ClN3O3S2. The van der Waals surface area contributed by atoms with E-state index in [1.165, 1.54) is 7.05 Å². The molecule has 9 heteroatoms. The molecule has 0 aromatic carbocycles. The Hall–Kier alpha value is -0.700. The van der Waals surface area contributed by atoms with Crippen molar-refractivity contribution in [1.29, 1.82) is 0 Å². The normalized spacial score (nSPS) is 11.9. The van der Waals surface area contributed by atoms with Gasteiger partial charge in [-0.2, -0.15) is 4.31 Å². The molecule has 0 spiro atoms. The molecule has 0 saturated carbocycles. The van der Waals surface area contributed by atoms with Crippen LogP contribution in [-0.4, -0.2) is 55.2 Å². The minimum absolute atomic E-state index is 0.0809. The molecule has 0 aliphatic heterocycles.